The highest BCUT2D eigenvalue weighted by atomic mass is 16.5. The van der Waals surface area contributed by atoms with Crippen LogP contribution in [0.4, 0.5) is 4.79 Å². The van der Waals surface area contributed by atoms with Gasteiger partial charge in [0.25, 0.3) is 0 Å². The molecule has 0 spiro atoms. The number of ether oxygens (including phenoxy) is 1. The lowest BCUT2D eigenvalue weighted by molar-refractivity contribution is 0.111. The van der Waals surface area contributed by atoms with E-state index in [-0.39, 0.29) is 18.2 Å². The summed E-state index contributed by atoms with van der Waals surface area (Å²) in [5.41, 5.74) is 0. The molecule has 76 valence electrons. The van der Waals surface area contributed by atoms with E-state index in [1.54, 1.807) is 4.90 Å². The maximum atomic E-state index is 11.2. The summed E-state index contributed by atoms with van der Waals surface area (Å²) >= 11 is 0. The molecule has 1 fully saturated rings. The summed E-state index contributed by atoms with van der Waals surface area (Å²) in [6.45, 7) is 2.48. The van der Waals surface area contributed by atoms with Crippen molar-refractivity contribution in [2.75, 3.05) is 13.7 Å². The second-order valence-electron chi connectivity index (χ2n) is 3.45. The largest absolute Gasteiger partial charge is 0.453 e. The van der Waals surface area contributed by atoms with Gasteiger partial charge in [0, 0.05) is 6.04 Å². The Morgan fingerprint density at radius 2 is 2.38 bits per heavy atom. The first kappa shape index (κ1) is 10.3. The molecule has 1 saturated heterocycles. The van der Waals surface area contributed by atoms with Crippen LogP contribution in [-0.4, -0.2) is 41.9 Å². The summed E-state index contributed by atoms with van der Waals surface area (Å²) in [6.07, 6.45) is 1.94. The summed E-state index contributed by atoms with van der Waals surface area (Å²) in [4.78, 5) is 12.9. The maximum absolute atomic E-state index is 11.2. The van der Waals surface area contributed by atoms with Crippen LogP contribution in [0.1, 0.15) is 26.2 Å². The van der Waals surface area contributed by atoms with Crippen LogP contribution in [0.25, 0.3) is 0 Å². The van der Waals surface area contributed by atoms with Gasteiger partial charge in [0.05, 0.1) is 19.8 Å². The van der Waals surface area contributed by atoms with Crippen molar-refractivity contribution >= 4 is 6.09 Å². The van der Waals surface area contributed by atoms with Crippen LogP contribution in [0.3, 0.4) is 0 Å². The SMILES string of the molecule is CCCC1CC(O)CN1C(=O)OC. The van der Waals surface area contributed by atoms with Gasteiger partial charge in [-0.2, -0.15) is 0 Å². The van der Waals surface area contributed by atoms with E-state index in [1.165, 1.54) is 7.11 Å². The number of likely N-dealkylation sites (tertiary alicyclic amines) is 1. The predicted octanol–water partition coefficient (Wildman–Crippen LogP) is 0.988. The van der Waals surface area contributed by atoms with E-state index >= 15 is 0 Å². The molecule has 0 aromatic rings. The molecular weight excluding hydrogens is 170 g/mol. The number of aliphatic hydroxyl groups excluding tert-OH is 1. The zero-order valence-corrected chi connectivity index (χ0v) is 8.19. The molecule has 0 aliphatic carbocycles. The Morgan fingerprint density at radius 1 is 1.69 bits per heavy atom. The van der Waals surface area contributed by atoms with Crippen LogP contribution in [0, 0.1) is 0 Å². The van der Waals surface area contributed by atoms with Gasteiger partial charge in [-0.05, 0) is 12.8 Å². The highest BCUT2D eigenvalue weighted by Gasteiger charge is 2.33. The maximum Gasteiger partial charge on any atom is 0.409 e. The number of methoxy groups -OCH3 is 1. The van der Waals surface area contributed by atoms with Crippen molar-refractivity contribution in [1.82, 2.24) is 4.90 Å². The van der Waals surface area contributed by atoms with Crippen LogP contribution in [0.5, 0.6) is 0 Å². The fraction of sp³-hybridized carbons (Fsp3) is 0.889. The first-order valence-electron chi connectivity index (χ1n) is 4.71. The molecule has 0 radical (unpaired) electrons. The number of carbonyl (C=O) groups excluding carboxylic acids is 1. The Bertz CT molecular complexity index is 184. The molecule has 13 heavy (non-hydrogen) atoms. The van der Waals surface area contributed by atoms with E-state index in [2.05, 4.69) is 11.7 Å². The third kappa shape index (κ3) is 2.34. The lowest BCUT2D eigenvalue weighted by atomic mass is 10.1. The minimum atomic E-state index is -0.379. The fourth-order valence-corrected chi connectivity index (χ4v) is 1.84. The van der Waals surface area contributed by atoms with Gasteiger partial charge in [-0.3, -0.25) is 0 Å². The van der Waals surface area contributed by atoms with E-state index in [1.807, 2.05) is 0 Å². The van der Waals surface area contributed by atoms with Crippen LogP contribution < -0.4 is 0 Å². The van der Waals surface area contributed by atoms with Crippen molar-refractivity contribution in [3.05, 3.63) is 0 Å². The van der Waals surface area contributed by atoms with E-state index < -0.39 is 0 Å². The Morgan fingerprint density at radius 3 is 2.92 bits per heavy atom. The normalized spacial score (nSPS) is 27.8. The number of β-amino-alcohol motifs (C(OH)–C–C–N with tert-alkyl or cyclic N) is 1. The lowest BCUT2D eigenvalue weighted by Gasteiger charge is -2.22. The van der Waals surface area contributed by atoms with Gasteiger partial charge in [0.1, 0.15) is 0 Å². The summed E-state index contributed by atoms with van der Waals surface area (Å²) in [5, 5.41) is 9.39. The molecule has 1 N–H and O–H groups in total. The van der Waals surface area contributed by atoms with Crippen molar-refractivity contribution in [2.24, 2.45) is 0 Å². The molecule has 0 aromatic heterocycles. The molecule has 2 unspecified atom stereocenters. The van der Waals surface area contributed by atoms with Crippen LogP contribution in [0.15, 0.2) is 0 Å². The van der Waals surface area contributed by atoms with Crippen molar-refractivity contribution in [3.63, 3.8) is 0 Å². The number of amides is 1. The summed E-state index contributed by atoms with van der Waals surface area (Å²) in [5.74, 6) is 0. The van der Waals surface area contributed by atoms with E-state index in [4.69, 9.17) is 0 Å². The zero-order valence-electron chi connectivity index (χ0n) is 8.19. The number of nitrogens with zero attached hydrogens (tertiary/aromatic N) is 1. The van der Waals surface area contributed by atoms with E-state index in [0.717, 1.165) is 12.8 Å². The first-order valence-corrected chi connectivity index (χ1v) is 4.71. The standard InChI is InChI=1S/C9H17NO3/c1-3-4-7-5-8(11)6-10(7)9(12)13-2/h7-8,11H,3-6H2,1-2H3. The Labute approximate surface area is 78.5 Å². The van der Waals surface area contributed by atoms with Gasteiger partial charge in [0.15, 0.2) is 0 Å². The molecule has 1 amide bonds. The second-order valence-corrected chi connectivity index (χ2v) is 3.45. The van der Waals surface area contributed by atoms with Gasteiger partial charge in [0.2, 0.25) is 0 Å². The number of rotatable bonds is 2. The van der Waals surface area contributed by atoms with Gasteiger partial charge in [-0.15, -0.1) is 0 Å². The summed E-state index contributed by atoms with van der Waals surface area (Å²) < 4.78 is 4.63. The minimum absolute atomic E-state index is 0.160. The number of hydrogen-bond donors (Lipinski definition) is 1. The van der Waals surface area contributed by atoms with Crippen LogP contribution in [0.2, 0.25) is 0 Å². The van der Waals surface area contributed by atoms with Gasteiger partial charge < -0.3 is 14.7 Å². The van der Waals surface area contributed by atoms with Gasteiger partial charge in [-0.25, -0.2) is 4.79 Å². The molecule has 0 bridgehead atoms. The molecule has 2 atom stereocenters. The number of carbonyl (C=O) groups is 1. The molecule has 0 saturated carbocycles. The minimum Gasteiger partial charge on any atom is -0.453 e. The highest BCUT2D eigenvalue weighted by molar-refractivity contribution is 5.68. The van der Waals surface area contributed by atoms with E-state index in [9.17, 15) is 9.90 Å². The van der Waals surface area contributed by atoms with Crippen molar-refractivity contribution in [1.29, 1.82) is 0 Å². The number of hydrogen-bond acceptors (Lipinski definition) is 3. The third-order valence-corrected chi connectivity index (χ3v) is 2.42. The first-order chi connectivity index (χ1) is 6.19. The van der Waals surface area contributed by atoms with E-state index in [0.29, 0.717) is 13.0 Å². The Balaban J connectivity index is 2.55. The molecule has 1 aliphatic heterocycles. The third-order valence-electron chi connectivity index (χ3n) is 2.42. The Hall–Kier alpha value is -0.770. The van der Waals surface area contributed by atoms with Crippen LogP contribution in [-0.2, 0) is 4.74 Å². The average molecular weight is 187 g/mol. The quantitative estimate of drug-likeness (QED) is 0.701. The van der Waals surface area contributed by atoms with Crippen molar-refractivity contribution < 1.29 is 14.6 Å². The molecular formula is C9H17NO3. The van der Waals surface area contributed by atoms with Gasteiger partial charge >= 0.3 is 6.09 Å². The Kier molecular flexibility index (Phi) is 3.54. The molecule has 1 heterocycles. The molecule has 4 heteroatoms. The van der Waals surface area contributed by atoms with Gasteiger partial charge in [-0.1, -0.05) is 13.3 Å². The fourth-order valence-electron chi connectivity index (χ4n) is 1.84. The summed E-state index contributed by atoms with van der Waals surface area (Å²) in [6, 6.07) is 0.160. The van der Waals surface area contributed by atoms with Crippen molar-refractivity contribution in [3.8, 4) is 0 Å². The molecule has 4 nitrogen and oxygen atoms in total. The van der Waals surface area contributed by atoms with Crippen molar-refractivity contribution in [2.45, 2.75) is 38.3 Å². The number of aliphatic hydroxyl groups is 1. The monoisotopic (exact) mass is 187 g/mol. The predicted molar refractivity (Wildman–Crippen MR) is 48.4 cm³/mol. The molecule has 1 aliphatic rings. The average Bonchev–Trinajstić information content (AvgIpc) is 2.46. The summed E-state index contributed by atoms with van der Waals surface area (Å²) in [7, 11) is 1.37. The topological polar surface area (TPSA) is 49.8 Å². The zero-order chi connectivity index (χ0) is 9.84. The molecule has 1 rings (SSSR count). The molecule has 0 aromatic carbocycles. The van der Waals surface area contributed by atoms with Crippen LogP contribution >= 0.6 is 0 Å². The second kappa shape index (κ2) is 4.46. The lowest BCUT2D eigenvalue weighted by Crippen LogP contribution is -2.35. The highest BCUT2D eigenvalue weighted by Crippen LogP contribution is 2.22. The smallest absolute Gasteiger partial charge is 0.409 e.